The van der Waals surface area contributed by atoms with Crippen LogP contribution in [0.5, 0.6) is 0 Å². The van der Waals surface area contributed by atoms with Gasteiger partial charge in [0, 0.05) is 18.6 Å². The van der Waals surface area contributed by atoms with E-state index in [0.29, 0.717) is 12.0 Å². The quantitative estimate of drug-likeness (QED) is 0.709. The standard InChI is InChI=1S/C15H32N2O/c1-12(2)10-17(5)15-8-6-14(7-9-15)16-18-11-13(3)4/h12-16H,6-11H2,1-5H3. The number of hydrogen-bond acceptors (Lipinski definition) is 3. The first-order valence-electron chi connectivity index (χ1n) is 7.56. The second kappa shape index (κ2) is 8.13. The van der Waals surface area contributed by atoms with Crippen LogP contribution < -0.4 is 5.48 Å². The van der Waals surface area contributed by atoms with Crippen molar-refractivity contribution in [2.45, 2.75) is 65.5 Å². The second-order valence-corrected chi connectivity index (χ2v) is 6.66. The first kappa shape index (κ1) is 15.9. The molecule has 0 radical (unpaired) electrons. The molecule has 0 unspecified atom stereocenters. The predicted octanol–water partition coefficient (Wildman–Crippen LogP) is 3.06. The summed E-state index contributed by atoms with van der Waals surface area (Å²) >= 11 is 0. The van der Waals surface area contributed by atoms with Gasteiger partial charge in [0.2, 0.25) is 0 Å². The average Bonchev–Trinajstić information content (AvgIpc) is 2.28. The van der Waals surface area contributed by atoms with Crippen LogP contribution in [-0.2, 0) is 4.84 Å². The molecule has 0 aliphatic heterocycles. The fourth-order valence-electron chi connectivity index (χ4n) is 2.69. The summed E-state index contributed by atoms with van der Waals surface area (Å²) in [5.74, 6) is 1.37. The van der Waals surface area contributed by atoms with Gasteiger partial charge in [-0.3, -0.25) is 0 Å². The smallest absolute Gasteiger partial charge is 0.0705 e. The largest absolute Gasteiger partial charge is 0.303 e. The normalized spacial score (nSPS) is 25.3. The van der Waals surface area contributed by atoms with Gasteiger partial charge in [0.25, 0.3) is 0 Å². The lowest BCUT2D eigenvalue weighted by Gasteiger charge is -2.35. The molecule has 3 heteroatoms. The van der Waals surface area contributed by atoms with E-state index in [0.717, 1.165) is 18.6 Å². The summed E-state index contributed by atoms with van der Waals surface area (Å²) in [5, 5.41) is 0. The SMILES string of the molecule is CC(C)CONC1CCC(N(C)CC(C)C)CC1. The van der Waals surface area contributed by atoms with Crippen LogP contribution in [0.2, 0.25) is 0 Å². The average molecular weight is 256 g/mol. The number of hydroxylamine groups is 1. The molecule has 1 rings (SSSR count). The number of hydrogen-bond donors (Lipinski definition) is 1. The van der Waals surface area contributed by atoms with Crippen molar-refractivity contribution in [1.82, 2.24) is 10.4 Å². The molecule has 1 saturated carbocycles. The van der Waals surface area contributed by atoms with Crippen molar-refractivity contribution in [2.75, 3.05) is 20.2 Å². The zero-order chi connectivity index (χ0) is 13.5. The van der Waals surface area contributed by atoms with Gasteiger partial charge in [-0.2, -0.15) is 5.48 Å². The lowest BCUT2D eigenvalue weighted by Crippen LogP contribution is -2.42. The molecular formula is C15H32N2O. The molecule has 0 spiro atoms. The Morgan fingerprint density at radius 3 is 2.17 bits per heavy atom. The van der Waals surface area contributed by atoms with Crippen LogP contribution in [-0.4, -0.2) is 37.2 Å². The molecule has 3 nitrogen and oxygen atoms in total. The Balaban J connectivity index is 2.16. The van der Waals surface area contributed by atoms with Crippen molar-refractivity contribution < 1.29 is 4.84 Å². The molecule has 0 bridgehead atoms. The van der Waals surface area contributed by atoms with Crippen molar-refractivity contribution in [3.8, 4) is 0 Å². The number of nitrogens with zero attached hydrogens (tertiary/aromatic N) is 1. The molecule has 0 heterocycles. The van der Waals surface area contributed by atoms with Crippen molar-refractivity contribution in [3.63, 3.8) is 0 Å². The van der Waals surface area contributed by atoms with Crippen molar-refractivity contribution in [1.29, 1.82) is 0 Å². The minimum Gasteiger partial charge on any atom is -0.303 e. The molecule has 0 aromatic heterocycles. The van der Waals surface area contributed by atoms with Gasteiger partial charge in [0.05, 0.1) is 6.61 Å². The minimum atomic E-state index is 0.562. The van der Waals surface area contributed by atoms with Crippen molar-refractivity contribution in [2.24, 2.45) is 11.8 Å². The van der Waals surface area contributed by atoms with Gasteiger partial charge in [-0.05, 0) is 44.6 Å². The Kier molecular flexibility index (Phi) is 7.20. The molecule has 0 saturated heterocycles. The summed E-state index contributed by atoms with van der Waals surface area (Å²) in [5.41, 5.74) is 3.23. The topological polar surface area (TPSA) is 24.5 Å². The van der Waals surface area contributed by atoms with E-state index in [9.17, 15) is 0 Å². The van der Waals surface area contributed by atoms with Crippen LogP contribution in [0.1, 0.15) is 53.4 Å². The number of nitrogens with one attached hydrogen (secondary N) is 1. The summed E-state index contributed by atoms with van der Waals surface area (Å²) in [6, 6.07) is 1.34. The molecule has 1 N–H and O–H groups in total. The summed E-state index contributed by atoms with van der Waals surface area (Å²) < 4.78 is 0. The van der Waals surface area contributed by atoms with E-state index >= 15 is 0 Å². The first-order chi connectivity index (χ1) is 8.49. The Bertz CT molecular complexity index is 211. The van der Waals surface area contributed by atoms with E-state index in [-0.39, 0.29) is 0 Å². The van der Waals surface area contributed by atoms with Crippen LogP contribution in [0, 0.1) is 11.8 Å². The Labute approximate surface area is 113 Å². The highest BCUT2D eigenvalue weighted by Gasteiger charge is 2.24. The fraction of sp³-hybridized carbons (Fsp3) is 1.00. The van der Waals surface area contributed by atoms with Gasteiger partial charge in [-0.15, -0.1) is 0 Å². The molecule has 1 aliphatic rings. The van der Waals surface area contributed by atoms with E-state index < -0.39 is 0 Å². The first-order valence-corrected chi connectivity index (χ1v) is 7.56. The minimum absolute atomic E-state index is 0.562. The monoisotopic (exact) mass is 256 g/mol. The summed E-state index contributed by atoms with van der Waals surface area (Å²) in [7, 11) is 2.27. The van der Waals surface area contributed by atoms with Gasteiger partial charge in [-0.1, -0.05) is 27.7 Å². The highest BCUT2D eigenvalue weighted by atomic mass is 16.6. The summed E-state index contributed by atoms with van der Waals surface area (Å²) in [6.07, 6.45) is 5.08. The molecule has 108 valence electrons. The van der Waals surface area contributed by atoms with Gasteiger partial charge >= 0.3 is 0 Å². The van der Waals surface area contributed by atoms with Crippen molar-refractivity contribution >= 4 is 0 Å². The lowest BCUT2D eigenvalue weighted by atomic mass is 9.90. The van der Waals surface area contributed by atoms with Gasteiger partial charge in [-0.25, -0.2) is 0 Å². The zero-order valence-corrected chi connectivity index (χ0v) is 12.9. The third-order valence-corrected chi connectivity index (χ3v) is 3.64. The highest BCUT2D eigenvalue weighted by molar-refractivity contribution is 4.80. The predicted molar refractivity (Wildman–Crippen MR) is 77.4 cm³/mol. The van der Waals surface area contributed by atoms with Crippen LogP contribution in [0.25, 0.3) is 0 Å². The molecule has 0 aromatic carbocycles. The van der Waals surface area contributed by atoms with E-state index in [2.05, 4.69) is 45.1 Å². The molecule has 0 aromatic rings. The van der Waals surface area contributed by atoms with Crippen LogP contribution in [0.15, 0.2) is 0 Å². The molecule has 18 heavy (non-hydrogen) atoms. The molecule has 1 aliphatic carbocycles. The van der Waals surface area contributed by atoms with E-state index in [1.807, 2.05) is 0 Å². The van der Waals surface area contributed by atoms with E-state index in [1.165, 1.54) is 32.2 Å². The Morgan fingerprint density at radius 1 is 1.06 bits per heavy atom. The van der Waals surface area contributed by atoms with Gasteiger partial charge in [0.1, 0.15) is 0 Å². The third kappa shape index (κ3) is 6.17. The molecular weight excluding hydrogens is 224 g/mol. The maximum atomic E-state index is 5.53. The van der Waals surface area contributed by atoms with E-state index in [4.69, 9.17) is 4.84 Å². The fourth-order valence-corrected chi connectivity index (χ4v) is 2.69. The van der Waals surface area contributed by atoms with Crippen molar-refractivity contribution in [3.05, 3.63) is 0 Å². The van der Waals surface area contributed by atoms with Gasteiger partial charge < -0.3 is 9.74 Å². The Morgan fingerprint density at radius 2 is 1.67 bits per heavy atom. The molecule has 0 atom stereocenters. The molecule has 0 amide bonds. The lowest BCUT2D eigenvalue weighted by molar-refractivity contribution is -0.0126. The van der Waals surface area contributed by atoms with E-state index in [1.54, 1.807) is 0 Å². The highest BCUT2D eigenvalue weighted by Crippen LogP contribution is 2.23. The second-order valence-electron chi connectivity index (χ2n) is 6.66. The Hall–Kier alpha value is -0.120. The maximum Gasteiger partial charge on any atom is 0.0705 e. The summed E-state index contributed by atoms with van der Waals surface area (Å²) in [4.78, 5) is 8.07. The molecule has 1 fully saturated rings. The van der Waals surface area contributed by atoms with Crippen LogP contribution in [0.4, 0.5) is 0 Å². The number of rotatable bonds is 7. The van der Waals surface area contributed by atoms with Crippen LogP contribution >= 0.6 is 0 Å². The zero-order valence-electron chi connectivity index (χ0n) is 12.9. The van der Waals surface area contributed by atoms with Crippen LogP contribution in [0.3, 0.4) is 0 Å². The van der Waals surface area contributed by atoms with Gasteiger partial charge in [0.15, 0.2) is 0 Å². The maximum absolute atomic E-state index is 5.53. The summed E-state index contributed by atoms with van der Waals surface area (Å²) in [6.45, 7) is 11.0. The third-order valence-electron chi connectivity index (χ3n) is 3.64.